The molecule has 0 saturated heterocycles. The van der Waals surface area contributed by atoms with Gasteiger partial charge in [0, 0.05) is 0 Å². The number of hydrogen-bond donors (Lipinski definition) is 0. The van der Waals surface area contributed by atoms with Crippen LogP contribution in [0.3, 0.4) is 0 Å². The van der Waals surface area contributed by atoms with Gasteiger partial charge in [-0.15, -0.1) is 11.6 Å². The smallest absolute Gasteiger partial charge is 0.422 e. The molecule has 0 atom stereocenters. The average molecular weight is 172 g/mol. The third kappa shape index (κ3) is 26.3. The largest absolute Gasteiger partial charge is 0.643 e. The number of hydrogen-bond acceptors (Lipinski definition) is 1. The van der Waals surface area contributed by atoms with Gasteiger partial charge in [0.1, 0.15) is 0 Å². The zero-order chi connectivity index (χ0) is 7.70. The van der Waals surface area contributed by atoms with Crippen molar-refractivity contribution in [3.8, 4) is 0 Å². The fraction of sp³-hybridized carbons (Fsp3) is 1.00. The van der Waals surface area contributed by atoms with Crippen LogP contribution in [-0.4, -0.2) is 45.3 Å². The Bertz CT molecular complexity index is 41.2. The lowest BCUT2D eigenvalue weighted by molar-refractivity contribution is 0.630. The minimum atomic E-state index is -0.633. The molecule has 0 heterocycles. The first-order valence-electron chi connectivity index (χ1n) is 3.36. The molecule has 0 rings (SSSR count). The van der Waals surface area contributed by atoms with Crippen molar-refractivity contribution in [1.29, 1.82) is 0 Å². The summed E-state index contributed by atoms with van der Waals surface area (Å²) >= 11 is 0.431. The SMILES string of the molecule is [CH3][Al][CH3].[CH3][Al][O][Al]([CH3])[CH3]. The van der Waals surface area contributed by atoms with Crippen LogP contribution in [0.25, 0.3) is 0 Å². The summed E-state index contributed by atoms with van der Waals surface area (Å²) in [5.41, 5.74) is 0. The summed E-state index contributed by atoms with van der Waals surface area (Å²) in [4.78, 5) is 0. The second-order valence-corrected chi connectivity index (χ2v) is 6.81. The van der Waals surface area contributed by atoms with Gasteiger partial charge >= 0.3 is 30.0 Å². The third-order valence-electron chi connectivity index (χ3n) is 0.408. The molecular formula is C5H15Al3O. The minimum Gasteiger partial charge on any atom is -0.643 e. The highest BCUT2D eigenvalue weighted by Gasteiger charge is 1.98. The van der Waals surface area contributed by atoms with Crippen molar-refractivity contribution in [2.24, 2.45) is 0 Å². The molecule has 0 unspecified atom stereocenters. The van der Waals surface area contributed by atoms with Gasteiger partial charge in [0.15, 0.2) is 15.2 Å². The Morgan fingerprint density at radius 2 is 1.44 bits per heavy atom. The van der Waals surface area contributed by atoms with Gasteiger partial charge in [0.25, 0.3) is 0 Å². The van der Waals surface area contributed by atoms with Crippen LogP contribution in [0.15, 0.2) is 0 Å². The van der Waals surface area contributed by atoms with Crippen LogP contribution in [0.2, 0.25) is 28.9 Å². The van der Waals surface area contributed by atoms with Crippen LogP contribution in [-0.2, 0) is 2.84 Å². The molecule has 0 fully saturated rings. The summed E-state index contributed by atoms with van der Waals surface area (Å²) in [7, 11) is 0. The van der Waals surface area contributed by atoms with E-state index in [0.29, 0.717) is 15.6 Å². The van der Waals surface area contributed by atoms with Gasteiger partial charge in [-0.1, -0.05) is 17.4 Å². The van der Waals surface area contributed by atoms with E-state index in [0.717, 1.165) is 15.2 Å². The van der Waals surface area contributed by atoms with Crippen molar-refractivity contribution < 1.29 is 2.84 Å². The molecule has 9 heavy (non-hydrogen) atoms. The summed E-state index contributed by atoms with van der Waals surface area (Å²) in [5, 5.41) is 0. The zero-order valence-electron chi connectivity index (χ0n) is 7.14. The van der Waals surface area contributed by atoms with E-state index in [1.165, 1.54) is 0 Å². The second-order valence-electron chi connectivity index (χ2n) is 2.00. The van der Waals surface area contributed by atoms with Crippen LogP contribution in [0, 0.1) is 0 Å². The zero-order valence-corrected chi connectivity index (χ0v) is 10.6. The van der Waals surface area contributed by atoms with E-state index in [1.54, 1.807) is 0 Å². The Balaban J connectivity index is 0. The highest BCUT2D eigenvalue weighted by atomic mass is 27.3. The molecule has 0 bridgehead atoms. The van der Waals surface area contributed by atoms with E-state index in [9.17, 15) is 0 Å². The van der Waals surface area contributed by atoms with Gasteiger partial charge < -0.3 is 2.84 Å². The Labute approximate surface area is 76.7 Å². The first-order chi connectivity index (χ1) is 4.18. The highest BCUT2D eigenvalue weighted by Crippen LogP contribution is 1.77. The van der Waals surface area contributed by atoms with Crippen LogP contribution < -0.4 is 0 Å². The van der Waals surface area contributed by atoms with E-state index >= 15 is 0 Å². The number of rotatable bonds is 2. The topological polar surface area (TPSA) is 9.23 Å². The van der Waals surface area contributed by atoms with Gasteiger partial charge in [-0.25, -0.2) is 0 Å². The Kier molecular flexibility index (Phi) is 17.9. The summed E-state index contributed by atoms with van der Waals surface area (Å²) < 4.78 is 5.26. The van der Waals surface area contributed by atoms with Crippen molar-refractivity contribution in [3.05, 3.63) is 0 Å². The van der Waals surface area contributed by atoms with E-state index in [4.69, 9.17) is 2.84 Å². The highest BCUT2D eigenvalue weighted by molar-refractivity contribution is 6.55. The fourth-order valence-corrected chi connectivity index (χ4v) is 2.45. The van der Waals surface area contributed by atoms with Gasteiger partial charge in [0.2, 0.25) is 0 Å². The lowest BCUT2D eigenvalue weighted by atomic mass is 11.9. The molecule has 0 aromatic heterocycles. The summed E-state index contributed by atoms with van der Waals surface area (Å²) in [5.74, 6) is 10.9. The molecule has 0 aromatic rings. The molecule has 50 valence electrons. The predicted octanol–water partition coefficient (Wildman–Crippen LogP) is 1.71. The first kappa shape index (κ1) is 13.2. The lowest BCUT2D eigenvalue weighted by Crippen LogP contribution is -2.08. The maximum Gasteiger partial charge on any atom is 0.422 e. The van der Waals surface area contributed by atoms with Gasteiger partial charge in [-0.3, -0.25) is 0 Å². The third-order valence-corrected chi connectivity index (χ3v) is 3.67. The normalized spacial score (nSPS) is 6.78. The van der Waals surface area contributed by atoms with Crippen molar-refractivity contribution in [1.82, 2.24) is 0 Å². The van der Waals surface area contributed by atoms with Crippen LogP contribution in [0.4, 0.5) is 0 Å². The van der Waals surface area contributed by atoms with Gasteiger partial charge in [0.05, 0.1) is 0 Å². The maximum atomic E-state index is 5.26. The molecule has 0 aromatic carbocycles. The molecule has 0 aliphatic carbocycles. The quantitative estimate of drug-likeness (QED) is 0.576. The average Bonchev–Trinajstić information content (AvgIpc) is 1.67. The molecule has 0 amide bonds. The van der Waals surface area contributed by atoms with Gasteiger partial charge in [-0.2, -0.15) is 0 Å². The van der Waals surface area contributed by atoms with Crippen molar-refractivity contribution in [2.75, 3.05) is 0 Å². The molecule has 1 nitrogen and oxygen atoms in total. The van der Waals surface area contributed by atoms with E-state index in [2.05, 4.69) is 28.9 Å². The van der Waals surface area contributed by atoms with Crippen LogP contribution >= 0.6 is 0 Å². The summed E-state index contributed by atoms with van der Waals surface area (Å²) in [6.45, 7) is 0. The molecule has 4 heteroatoms. The maximum absolute atomic E-state index is 5.26. The van der Waals surface area contributed by atoms with E-state index in [-0.39, 0.29) is 0 Å². The first-order valence-corrected chi connectivity index (χ1v) is 10.1. The fourth-order valence-electron chi connectivity index (χ4n) is 0.272. The molecule has 0 saturated carbocycles. The molecule has 0 spiro atoms. The Hall–Kier alpha value is 1.56. The predicted molar refractivity (Wildman–Crippen MR) is 47.7 cm³/mol. The summed E-state index contributed by atoms with van der Waals surface area (Å²) in [6, 6.07) is 0. The van der Waals surface area contributed by atoms with Crippen LogP contribution in [0.1, 0.15) is 0 Å². The molecule has 0 N–H and O–H groups in total. The van der Waals surface area contributed by atoms with Crippen molar-refractivity contribution >= 4 is 45.3 Å². The van der Waals surface area contributed by atoms with E-state index < -0.39 is 14.5 Å². The Morgan fingerprint density at radius 1 is 1.11 bits per heavy atom. The van der Waals surface area contributed by atoms with Crippen LogP contribution in [0.5, 0.6) is 0 Å². The van der Waals surface area contributed by atoms with E-state index in [1.807, 2.05) is 0 Å². The molecule has 2 radical (unpaired) electrons. The molecule has 0 aliphatic heterocycles. The van der Waals surface area contributed by atoms with Crippen molar-refractivity contribution in [2.45, 2.75) is 28.9 Å². The Morgan fingerprint density at radius 3 is 1.44 bits per heavy atom. The monoisotopic (exact) mass is 172 g/mol. The standard InChI is InChI=1S/5CH3.3Al.O/h5*1H3;;;;. The minimum absolute atomic E-state index is 0.314. The van der Waals surface area contributed by atoms with Crippen molar-refractivity contribution in [3.63, 3.8) is 0 Å². The lowest BCUT2D eigenvalue weighted by Gasteiger charge is -1.96. The molecule has 0 aliphatic rings. The molecular weight excluding hydrogens is 157 g/mol. The summed E-state index contributed by atoms with van der Waals surface area (Å²) in [6.07, 6.45) is 0. The van der Waals surface area contributed by atoms with Gasteiger partial charge in [-0.05, 0) is 0 Å². The second kappa shape index (κ2) is 12.3.